The van der Waals surface area contributed by atoms with Crippen molar-refractivity contribution in [2.45, 2.75) is 31.8 Å². The van der Waals surface area contributed by atoms with Crippen molar-refractivity contribution in [2.24, 2.45) is 11.5 Å². The fourth-order valence-corrected chi connectivity index (χ4v) is 1.39. The predicted molar refractivity (Wildman–Crippen MR) is 46.9 cm³/mol. The van der Waals surface area contributed by atoms with Gasteiger partial charge >= 0.3 is 0 Å². The van der Waals surface area contributed by atoms with Crippen molar-refractivity contribution in [3.05, 3.63) is 11.8 Å². The summed E-state index contributed by atoms with van der Waals surface area (Å²) >= 11 is 0. The zero-order valence-electron chi connectivity index (χ0n) is 7.01. The third-order valence-electron chi connectivity index (χ3n) is 1.92. The molecule has 0 amide bonds. The summed E-state index contributed by atoms with van der Waals surface area (Å²) in [5.41, 5.74) is 12.3. The fourth-order valence-electron chi connectivity index (χ4n) is 1.39. The van der Waals surface area contributed by atoms with E-state index in [0.29, 0.717) is 6.04 Å². The van der Waals surface area contributed by atoms with Crippen LogP contribution in [0.1, 0.15) is 19.8 Å². The van der Waals surface area contributed by atoms with E-state index in [4.69, 9.17) is 11.5 Å². The molecule has 1 aliphatic heterocycles. The summed E-state index contributed by atoms with van der Waals surface area (Å²) in [4.78, 5) is 0. The third-order valence-corrected chi connectivity index (χ3v) is 1.92. The zero-order valence-corrected chi connectivity index (χ0v) is 7.01. The summed E-state index contributed by atoms with van der Waals surface area (Å²) in [6, 6.07) is 0.443. The number of hydrogen-bond acceptors (Lipinski definition) is 3. The molecule has 0 aliphatic carbocycles. The highest BCUT2D eigenvalue weighted by molar-refractivity contribution is 5.10. The lowest BCUT2D eigenvalue weighted by atomic mass is 10.1. The molecule has 1 heterocycles. The van der Waals surface area contributed by atoms with Gasteiger partial charge in [-0.25, -0.2) is 0 Å². The maximum atomic E-state index is 5.80. The zero-order chi connectivity index (χ0) is 8.27. The molecule has 0 bridgehead atoms. The van der Waals surface area contributed by atoms with E-state index >= 15 is 0 Å². The Kier molecular flexibility index (Phi) is 2.91. The first kappa shape index (κ1) is 8.56. The van der Waals surface area contributed by atoms with Gasteiger partial charge in [-0.3, -0.25) is 0 Å². The van der Waals surface area contributed by atoms with Crippen molar-refractivity contribution < 1.29 is 0 Å². The molecule has 0 aromatic heterocycles. The van der Waals surface area contributed by atoms with Crippen molar-refractivity contribution in [1.29, 1.82) is 0 Å². The molecule has 5 N–H and O–H groups in total. The number of rotatable bonds is 2. The standard InChI is InChI=1S/C8H17N3/c1-6(9)5-7(10)8-3-2-4-11-8/h5-6,8,11H,2-4,9-10H2,1H3/b7-5-/t6?,8-/m0/s1. The van der Waals surface area contributed by atoms with Crippen LogP contribution >= 0.6 is 0 Å². The lowest BCUT2D eigenvalue weighted by molar-refractivity contribution is 0.674. The van der Waals surface area contributed by atoms with Gasteiger partial charge in [-0.15, -0.1) is 0 Å². The van der Waals surface area contributed by atoms with Gasteiger partial charge in [-0.05, 0) is 32.4 Å². The van der Waals surface area contributed by atoms with Crippen LogP contribution in [0, 0.1) is 0 Å². The highest BCUT2D eigenvalue weighted by Gasteiger charge is 2.15. The van der Waals surface area contributed by atoms with E-state index in [1.807, 2.05) is 13.0 Å². The van der Waals surface area contributed by atoms with E-state index in [-0.39, 0.29) is 6.04 Å². The van der Waals surface area contributed by atoms with Crippen LogP contribution in [0.2, 0.25) is 0 Å². The first-order valence-corrected chi connectivity index (χ1v) is 4.16. The van der Waals surface area contributed by atoms with Crippen molar-refractivity contribution in [1.82, 2.24) is 5.32 Å². The van der Waals surface area contributed by atoms with Crippen LogP contribution < -0.4 is 16.8 Å². The Morgan fingerprint density at radius 2 is 2.45 bits per heavy atom. The van der Waals surface area contributed by atoms with Gasteiger partial charge in [0.15, 0.2) is 0 Å². The summed E-state index contributed by atoms with van der Waals surface area (Å²) in [5, 5.41) is 3.31. The Balaban J connectivity index is 2.45. The van der Waals surface area contributed by atoms with Gasteiger partial charge in [0.2, 0.25) is 0 Å². The van der Waals surface area contributed by atoms with Gasteiger partial charge in [0, 0.05) is 17.8 Å². The minimum atomic E-state index is 0.0670. The third kappa shape index (κ3) is 2.52. The Bertz CT molecular complexity index is 145. The topological polar surface area (TPSA) is 64.1 Å². The number of nitrogens with one attached hydrogen (secondary N) is 1. The van der Waals surface area contributed by atoms with E-state index in [0.717, 1.165) is 18.7 Å². The maximum absolute atomic E-state index is 5.80. The second-order valence-electron chi connectivity index (χ2n) is 3.17. The van der Waals surface area contributed by atoms with E-state index in [2.05, 4.69) is 5.32 Å². The van der Waals surface area contributed by atoms with Crippen molar-refractivity contribution >= 4 is 0 Å². The molecule has 3 heteroatoms. The molecule has 1 unspecified atom stereocenters. The Morgan fingerprint density at radius 3 is 2.91 bits per heavy atom. The van der Waals surface area contributed by atoms with Crippen LogP contribution in [-0.4, -0.2) is 18.6 Å². The predicted octanol–water partition coefficient (Wildman–Crippen LogP) is -0.0718. The molecule has 1 rings (SSSR count). The lowest BCUT2D eigenvalue weighted by Crippen LogP contribution is -2.29. The van der Waals surface area contributed by atoms with Crippen molar-refractivity contribution in [3.63, 3.8) is 0 Å². The van der Waals surface area contributed by atoms with Crippen LogP contribution in [0.15, 0.2) is 11.8 Å². The van der Waals surface area contributed by atoms with Gasteiger partial charge in [0.25, 0.3) is 0 Å². The number of nitrogens with two attached hydrogens (primary N) is 2. The molecule has 0 spiro atoms. The SMILES string of the molecule is CC(N)/C=C(\N)[C@@H]1CCCN1. The molecule has 3 nitrogen and oxygen atoms in total. The second-order valence-corrected chi connectivity index (χ2v) is 3.17. The van der Waals surface area contributed by atoms with Crippen LogP contribution in [0.5, 0.6) is 0 Å². The van der Waals surface area contributed by atoms with Crippen LogP contribution in [0.25, 0.3) is 0 Å². The van der Waals surface area contributed by atoms with Gasteiger partial charge in [0.05, 0.1) is 0 Å². The van der Waals surface area contributed by atoms with E-state index in [1.54, 1.807) is 0 Å². The fraction of sp³-hybridized carbons (Fsp3) is 0.750. The molecular formula is C8H17N3. The molecule has 1 aliphatic rings. The maximum Gasteiger partial charge on any atom is 0.0465 e. The average molecular weight is 155 g/mol. The van der Waals surface area contributed by atoms with Crippen LogP contribution in [-0.2, 0) is 0 Å². The van der Waals surface area contributed by atoms with E-state index < -0.39 is 0 Å². The van der Waals surface area contributed by atoms with Gasteiger partial charge in [-0.2, -0.15) is 0 Å². The largest absolute Gasteiger partial charge is 0.401 e. The summed E-state index contributed by atoms with van der Waals surface area (Å²) in [5.74, 6) is 0. The summed E-state index contributed by atoms with van der Waals surface area (Å²) in [6.45, 7) is 3.01. The minimum Gasteiger partial charge on any atom is -0.401 e. The Morgan fingerprint density at radius 1 is 1.73 bits per heavy atom. The van der Waals surface area contributed by atoms with Crippen LogP contribution in [0.3, 0.4) is 0 Å². The van der Waals surface area contributed by atoms with Gasteiger partial charge in [-0.1, -0.05) is 0 Å². The second kappa shape index (κ2) is 3.74. The van der Waals surface area contributed by atoms with Gasteiger partial charge < -0.3 is 16.8 Å². The monoisotopic (exact) mass is 155 g/mol. The molecule has 0 aromatic carbocycles. The molecule has 1 saturated heterocycles. The molecule has 0 aromatic rings. The normalized spacial score (nSPS) is 28.9. The Hall–Kier alpha value is -0.540. The van der Waals surface area contributed by atoms with E-state index in [9.17, 15) is 0 Å². The molecule has 1 fully saturated rings. The number of hydrogen-bond donors (Lipinski definition) is 3. The van der Waals surface area contributed by atoms with Crippen molar-refractivity contribution in [2.75, 3.05) is 6.54 Å². The molecular weight excluding hydrogens is 138 g/mol. The molecule has 11 heavy (non-hydrogen) atoms. The first-order chi connectivity index (χ1) is 5.20. The van der Waals surface area contributed by atoms with E-state index in [1.165, 1.54) is 6.42 Å². The quantitative estimate of drug-likeness (QED) is 0.523. The Labute approximate surface area is 67.8 Å². The molecule has 0 saturated carbocycles. The van der Waals surface area contributed by atoms with Crippen LogP contribution in [0.4, 0.5) is 0 Å². The first-order valence-electron chi connectivity index (χ1n) is 4.16. The summed E-state index contributed by atoms with van der Waals surface area (Å²) < 4.78 is 0. The summed E-state index contributed by atoms with van der Waals surface area (Å²) in [6.07, 6.45) is 4.29. The minimum absolute atomic E-state index is 0.0670. The molecule has 64 valence electrons. The molecule has 2 atom stereocenters. The van der Waals surface area contributed by atoms with Crippen molar-refractivity contribution in [3.8, 4) is 0 Å². The van der Waals surface area contributed by atoms with Gasteiger partial charge in [0.1, 0.15) is 0 Å². The molecule has 0 radical (unpaired) electrons. The highest BCUT2D eigenvalue weighted by Crippen LogP contribution is 2.10. The summed E-state index contributed by atoms with van der Waals surface area (Å²) in [7, 11) is 0. The highest BCUT2D eigenvalue weighted by atomic mass is 15.0. The average Bonchev–Trinajstić information content (AvgIpc) is 2.35. The lowest BCUT2D eigenvalue weighted by Gasteiger charge is -2.11. The smallest absolute Gasteiger partial charge is 0.0465 e.